The number of hydrogen-bond donors (Lipinski definition) is 1. The Labute approximate surface area is 82.0 Å². The molecule has 0 spiro atoms. The van der Waals surface area contributed by atoms with E-state index in [4.69, 9.17) is 0 Å². The Balaban J connectivity index is 2.08. The fraction of sp³-hybridized carbons (Fsp3) is 0.750. The minimum Gasteiger partial charge on any atom is -0.344 e. The van der Waals surface area contributed by atoms with Gasteiger partial charge in [-0.1, -0.05) is 11.3 Å². The van der Waals surface area contributed by atoms with Crippen molar-refractivity contribution in [1.82, 2.24) is 15.5 Å². The minimum absolute atomic E-state index is 0.554. The maximum Gasteiger partial charge on any atom is 0.208 e. The summed E-state index contributed by atoms with van der Waals surface area (Å²) in [6.45, 7) is 7.31. The van der Waals surface area contributed by atoms with Gasteiger partial charge in [-0.05, 0) is 13.8 Å². The van der Waals surface area contributed by atoms with E-state index >= 15 is 0 Å². The Morgan fingerprint density at radius 2 is 2.38 bits per heavy atom. The zero-order valence-electron chi connectivity index (χ0n) is 7.95. The molecule has 4 nitrogen and oxygen atoms in total. The van der Waals surface area contributed by atoms with Gasteiger partial charge in [0.2, 0.25) is 5.13 Å². The van der Waals surface area contributed by atoms with Crippen LogP contribution in [-0.2, 0) is 0 Å². The predicted molar refractivity (Wildman–Crippen MR) is 54.3 cm³/mol. The van der Waals surface area contributed by atoms with Crippen LogP contribution < -0.4 is 10.2 Å². The van der Waals surface area contributed by atoms with Gasteiger partial charge in [0.1, 0.15) is 5.01 Å². The predicted octanol–water partition coefficient (Wildman–Crippen LogP) is 0.645. The first-order valence-electron chi connectivity index (χ1n) is 4.54. The van der Waals surface area contributed by atoms with E-state index in [1.165, 1.54) is 0 Å². The van der Waals surface area contributed by atoms with E-state index in [1.54, 1.807) is 11.3 Å². The molecule has 5 heteroatoms. The molecule has 2 heterocycles. The zero-order chi connectivity index (χ0) is 9.26. The summed E-state index contributed by atoms with van der Waals surface area (Å²) in [4.78, 5) is 2.30. The molecule has 0 aromatic carbocycles. The maximum atomic E-state index is 4.14. The maximum absolute atomic E-state index is 4.14. The zero-order valence-corrected chi connectivity index (χ0v) is 8.77. The highest BCUT2D eigenvalue weighted by Crippen LogP contribution is 2.20. The monoisotopic (exact) mass is 198 g/mol. The molecule has 72 valence electrons. The Hall–Kier alpha value is -0.680. The van der Waals surface area contributed by atoms with Crippen molar-refractivity contribution in [2.45, 2.75) is 19.9 Å². The van der Waals surface area contributed by atoms with Gasteiger partial charge in [0.25, 0.3) is 0 Å². The molecule has 1 atom stereocenters. The number of nitrogens with zero attached hydrogens (tertiary/aromatic N) is 3. The molecule has 2 rings (SSSR count). The summed E-state index contributed by atoms with van der Waals surface area (Å²) in [5, 5.41) is 13.7. The summed E-state index contributed by atoms with van der Waals surface area (Å²) in [7, 11) is 0. The number of piperazine rings is 1. The number of aryl methyl sites for hydroxylation is 1. The molecular weight excluding hydrogens is 184 g/mol. The first-order valence-corrected chi connectivity index (χ1v) is 5.36. The van der Waals surface area contributed by atoms with E-state index in [0.717, 1.165) is 29.8 Å². The van der Waals surface area contributed by atoms with Crippen LogP contribution >= 0.6 is 11.3 Å². The Morgan fingerprint density at radius 3 is 3.00 bits per heavy atom. The van der Waals surface area contributed by atoms with Crippen molar-refractivity contribution in [3.05, 3.63) is 5.01 Å². The number of anilines is 1. The van der Waals surface area contributed by atoms with Gasteiger partial charge in [-0.3, -0.25) is 0 Å². The van der Waals surface area contributed by atoms with E-state index in [9.17, 15) is 0 Å². The van der Waals surface area contributed by atoms with Gasteiger partial charge in [-0.15, -0.1) is 10.2 Å². The Bertz CT molecular complexity index is 285. The average Bonchev–Trinajstić information content (AvgIpc) is 2.52. The van der Waals surface area contributed by atoms with Gasteiger partial charge in [0.15, 0.2) is 0 Å². The smallest absolute Gasteiger partial charge is 0.208 e. The molecule has 1 saturated heterocycles. The Morgan fingerprint density at radius 1 is 1.54 bits per heavy atom. The first-order chi connectivity index (χ1) is 6.25. The van der Waals surface area contributed by atoms with Crippen molar-refractivity contribution in [2.24, 2.45) is 0 Å². The standard InChI is InChI=1S/C8H14N4S/c1-6-5-12(4-3-9-6)8-11-10-7(2)13-8/h6,9H,3-5H2,1-2H3. The van der Waals surface area contributed by atoms with Crippen LogP contribution in [0.15, 0.2) is 0 Å². The van der Waals surface area contributed by atoms with E-state index in [2.05, 4.69) is 27.3 Å². The van der Waals surface area contributed by atoms with Crippen LogP contribution in [0.3, 0.4) is 0 Å². The normalized spacial score (nSPS) is 23.5. The van der Waals surface area contributed by atoms with Crippen molar-refractivity contribution in [3.8, 4) is 0 Å². The van der Waals surface area contributed by atoms with Crippen molar-refractivity contribution in [2.75, 3.05) is 24.5 Å². The SMILES string of the molecule is Cc1nnc(N2CCNC(C)C2)s1. The third kappa shape index (κ3) is 1.97. The van der Waals surface area contributed by atoms with Crippen molar-refractivity contribution < 1.29 is 0 Å². The topological polar surface area (TPSA) is 41.1 Å². The molecule has 0 amide bonds. The van der Waals surface area contributed by atoms with Gasteiger partial charge >= 0.3 is 0 Å². The molecule has 0 saturated carbocycles. The van der Waals surface area contributed by atoms with Crippen LogP contribution in [0.25, 0.3) is 0 Å². The molecule has 1 N–H and O–H groups in total. The minimum atomic E-state index is 0.554. The van der Waals surface area contributed by atoms with E-state index < -0.39 is 0 Å². The summed E-state index contributed by atoms with van der Waals surface area (Å²) < 4.78 is 0. The highest BCUT2D eigenvalue weighted by Gasteiger charge is 2.18. The first kappa shape index (κ1) is 8.90. The van der Waals surface area contributed by atoms with E-state index in [0.29, 0.717) is 6.04 Å². The van der Waals surface area contributed by atoms with Crippen molar-refractivity contribution in [3.63, 3.8) is 0 Å². The number of aromatic nitrogens is 2. The summed E-state index contributed by atoms with van der Waals surface area (Å²) in [5.74, 6) is 0. The molecule has 0 radical (unpaired) electrons. The highest BCUT2D eigenvalue weighted by atomic mass is 32.1. The number of nitrogens with one attached hydrogen (secondary N) is 1. The molecular formula is C8H14N4S. The van der Waals surface area contributed by atoms with Crippen LogP contribution in [0.1, 0.15) is 11.9 Å². The third-order valence-electron chi connectivity index (χ3n) is 2.15. The lowest BCUT2D eigenvalue weighted by atomic mass is 10.2. The fourth-order valence-corrected chi connectivity index (χ4v) is 2.24. The summed E-state index contributed by atoms with van der Waals surface area (Å²) in [6, 6.07) is 0.554. The Kier molecular flexibility index (Phi) is 2.46. The molecule has 1 fully saturated rings. The second-order valence-electron chi connectivity index (χ2n) is 3.40. The molecule has 1 aliphatic heterocycles. The van der Waals surface area contributed by atoms with Gasteiger partial charge in [-0.25, -0.2) is 0 Å². The molecule has 13 heavy (non-hydrogen) atoms. The molecule has 1 aliphatic rings. The highest BCUT2D eigenvalue weighted by molar-refractivity contribution is 7.15. The van der Waals surface area contributed by atoms with Gasteiger partial charge in [-0.2, -0.15) is 0 Å². The molecule has 1 aromatic rings. The summed E-state index contributed by atoms with van der Waals surface area (Å²) >= 11 is 1.67. The van der Waals surface area contributed by atoms with Gasteiger partial charge in [0, 0.05) is 25.7 Å². The lowest BCUT2D eigenvalue weighted by molar-refractivity contribution is 0.483. The lowest BCUT2D eigenvalue weighted by Gasteiger charge is -2.31. The van der Waals surface area contributed by atoms with Crippen LogP contribution in [0.2, 0.25) is 0 Å². The average molecular weight is 198 g/mol. The van der Waals surface area contributed by atoms with Crippen LogP contribution in [0.4, 0.5) is 5.13 Å². The van der Waals surface area contributed by atoms with Crippen LogP contribution in [-0.4, -0.2) is 35.9 Å². The number of rotatable bonds is 1. The van der Waals surface area contributed by atoms with E-state index in [1.807, 2.05) is 6.92 Å². The molecule has 1 unspecified atom stereocenters. The second kappa shape index (κ2) is 3.59. The molecule has 1 aromatic heterocycles. The molecule has 0 bridgehead atoms. The third-order valence-corrected chi connectivity index (χ3v) is 3.05. The van der Waals surface area contributed by atoms with Crippen molar-refractivity contribution >= 4 is 16.5 Å². The fourth-order valence-electron chi connectivity index (χ4n) is 1.52. The summed E-state index contributed by atoms with van der Waals surface area (Å²) in [5.41, 5.74) is 0. The largest absolute Gasteiger partial charge is 0.344 e. The lowest BCUT2D eigenvalue weighted by Crippen LogP contribution is -2.49. The van der Waals surface area contributed by atoms with Gasteiger partial charge < -0.3 is 10.2 Å². The quantitative estimate of drug-likeness (QED) is 0.719. The van der Waals surface area contributed by atoms with Gasteiger partial charge in [0.05, 0.1) is 0 Å². The summed E-state index contributed by atoms with van der Waals surface area (Å²) in [6.07, 6.45) is 0. The second-order valence-corrected chi connectivity index (χ2v) is 4.56. The van der Waals surface area contributed by atoms with E-state index in [-0.39, 0.29) is 0 Å². The van der Waals surface area contributed by atoms with Crippen molar-refractivity contribution in [1.29, 1.82) is 0 Å². The van der Waals surface area contributed by atoms with Crippen LogP contribution in [0.5, 0.6) is 0 Å². The van der Waals surface area contributed by atoms with Crippen LogP contribution in [0, 0.1) is 6.92 Å². The number of hydrogen-bond acceptors (Lipinski definition) is 5. The molecule has 0 aliphatic carbocycles.